The maximum Gasteiger partial charge on any atom is 0.0794 e. The molecule has 1 heterocycles. The molecule has 1 aromatic heterocycles. The van der Waals surface area contributed by atoms with E-state index in [1.165, 1.54) is 24.1 Å². The van der Waals surface area contributed by atoms with Crippen LogP contribution in [0.15, 0.2) is 24.4 Å². The van der Waals surface area contributed by atoms with Crippen molar-refractivity contribution in [1.29, 1.82) is 0 Å². The first kappa shape index (κ1) is 11.4. The summed E-state index contributed by atoms with van der Waals surface area (Å²) in [5.74, 6) is 0. The van der Waals surface area contributed by atoms with Crippen molar-refractivity contribution in [2.75, 3.05) is 6.54 Å². The molecule has 2 nitrogen and oxygen atoms in total. The second-order valence-corrected chi connectivity index (χ2v) is 4.25. The Labute approximate surface area is 90.1 Å². The molecule has 0 aliphatic carbocycles. The molecular formula is C11H18N2S. The maximum absolute atomic E-state index is 4.03. The molecule has 0 unspecified atom stereocenters. The average Bonchev–Trinajstić information content (AvgIpc) is 2.69. The molecular weight excluding hydrogens is 192 g/mol. The fraction of sp³-hybridized carbons (Fsp3) is 0.545. The van der Waals surface area contributed by atoms with Gasteiger partial charge in [0.15, 0.2) is 0 Å². The molecule has 0 saturated heterocycles. The number of aromatic nitrogens is 1. The average molecular weight is 210 g/mol. The van der Waals surface area contributed by atoms with E-state index in [4.69, 9.17) is 0 Å². The number of nitrogens with one attached hydrogen (secondary N) is 1. The van der Waals surface area contributed by atoms with Crippen LogP contribution in [-0.4, -0.2) is 11.5 Å². The number of hydrogen-bond acceptors (Lipinski definition) is 3. The summed E-state index contributed by atoms with van der Waals surface area (Å²) in [7, 11) is 0. The van der Waals surface area contributed by atoms with E-state index in [9.17, 15) is 0 Å². The fourth-order valence-electron chi connectivity index (χ4n) is 1.26. The third-order valence-electron chi connectivity index (χ3n) is 2.04. The van der Waals surface area contributed by atoms with Crippen molar-refractivity contribution in [2.24, 2.45) is 0 Å². The molecule has 0 radical (unpaired) electrons. The summed E-state index contributed by atoms with van der Waals surface area (Å²) in [5, 5.41) is 3.41. The normalized spacial score (nSPS) is 10.3. The third kappa shape index (κ3) is 5.14. The Balaban J connectivity index is 1.87. The van der Waals surface area contributed by atoms with Crippen LogP contribution >= 0.6 is 11.3 Å². The van der Waals surface area contributed by atoms with E-state index in [2.05, 4.69) is 16.9 Å². The Kier molecular flexibility index (Phi) is 6.28. The highest BCUT2D eigenvalue weighted by atomic mass is 32.1. The molecule has 0 atom stereocenters. The highest BCUT2D eigenvalue weighted by Gasteiger charge is 1.93. The number of thiazole rings is 1. The quantitative estimate of drug-likeness (QED) is 0.527. The molecule has 0 bridgehead atoms. The van der Waals surface area contributed by atoms with Gasteiger partial charge in [0.25, 0.3) is 0 Å². The minimum absolute atomic E-state index is 0.964. The van der Waals surface area contributed by atoms with E-state index >= 15 is 0 Å². The van der Waals surface area contributed by atoms with Crippen LogP contribution in [0, 0.1) is 0 Å². The molecule has 0 saturated carbocycles. The number of unbranched alkanes of at least 4 members (excludes halogenated alkanes) is 3. The molecule has 3 heteroatoms. The molecule has 14 heavy (non-hydrogen) atoms. The SMILES string of the molecule is C=CCCCCCNCc1cncs1. The first-order valence-electron chi connectivity index (χ1n) is 5.12. The topological polar surface area (TPSA) is 24.9 Å². The monoisotopic (exact) mass is 210 g/mol. The lowest BCUT2D eigenvalue weighted by atomic mass is 10.2. The Morgan fingerprint density at radius 3 is 3.07 bits per heavy atom. The largest absolute Gasteiger partial charge is 0.312 e. The third-order valence-corrected chi connectivity index (χ3v) is 2.82. The van der Waals surface area contributed by atoms with Crippen LogP contribution in [0.25, 0.3) is 0 Å². The summed E-state index contributed by atoms with van der Waals surface area (Å²) >= 11 is 1.71. The van der Waals surface area contributed by atoms with E-state index in [-0.39, 0.29) is 0 Å². The first-order valence-corrected chi connectivity index (χ1v) is 6.00. The van der Waals surface area contributed by atoms with Gasteiger partial charge >= 0.3 is 0 Å². The summed E-state index contributed by atoms with van der Waals surface area (Å²) < 4.78 is 0. The minimum Gasteiger partial charge on any atom is -0.312 e. The lowest BCUT2D eigenvalue weighted by Gasteiger charge is -2.01. The van der Waals surface area contributed by atoms with Crippen molar-refractivity contribution in [3.63, 3.8) is 0 Å². The van der Waals surface area contributed by atoms with Crippen molar-refractivity contribution < 1.29 is 0 Å². The molecule has 0 aliphatic rings. The highest BCUT2D eigenvalue weighted by molar-refractivity contribution is 7.09. The summed E-state index contributed by atoms with van der Waals surface area (Å²) in [6.45, 7) is 5.78. The zero-order valence-electron chi connectivity index (χ0n) is 8.54. The van der Waals surface area contributed by atoms with Crippen LogP contribution in [0.1, 0.15) is 30.6 Å². The summed E-state index contributed by atoms with van der Waals surface area (Å²) in [6.07, 6.45) is 8.88. The molecule has 0 fully saturated rings. The van der Waals surface area contributed by atoms with E-state index in [0.29, 0.717) is 0 Å². The van der Waals surface area contributed by atoms with Gasteiger partial charge in [0, 0.05) is 17.6 Å². The zero-order valence-corrected chi connectivity index (χ0v) is 9.35. The van der Waals surface area contributed by atoms with Crippen LogP contribution in [0.5, 0.6) is 0 Å². The standard InChI is InChI=1S/C11H18N2S/c1-2-3-4-5-6-7-12-8-11-9-13-10-14-11/h2,9-10,12H,1,3-8H2. The van der Waals surface area contributed by atoms with E-state index in [1.54, 1.807) is 11.3 Å². The van der Waals surface area contributed by atoms with Crippen molar-refractivity contribution in [3.05, 3.63) is 29.2 Å². The Hall–Kier alpha value is -0.670. The van der Waals surface area contributed by atoms with Gasteiger partial charge in [-0.1, -0.05) is 12.5 Å². The van der Waals surface area contributed by atoms with Crippen molar-refractivity contribution in [3.8, 4) is 0 Å². The molecule has 1 aromatic rings. The molecule has 0 spiro atoms. The highest BCUT2D eigenvalue weighted by Crippen LogP contribution is 2.04. The lowest BCUT2D eigenvalue weighted by Crippen LogP contribution is -2.13. The maximum atomic E-state index is 4.03. The predicted molar refractivity (Wildman–Crippen MR) is 62.5 cm³/mol. The van der Waals surface area contributed by atoms with Gasteiger partial charge in [-0.25, -0.2) is 0 Å². The van der Waals surface area contributed by atoms with Crippen LogP contribution in [0.2, 0.25) is 0 Å². The minimum atomic E-state index is 0.964. The van der Waals surface area contributed by atoms with Gasteiger partial charge in [-0.2, -0.15) is 0 Å². The number of nitrogens with zero attached hydrogens (tertiary/aromatic N) is 1. The Morgan fingerprint density at radius 1 is 1.43 bits per heavy atom. The van der Waals surface area contributed by atoms with Crippen molar-refractivity contribution >= 4 is 11.3 Å². The molecule has 1 N–H and O–H groups in total. The molecule has 0 aromatic carbocycles. The van der Waals surface area contributed by atoms with Gasteiger partial charge in [0.1, 0.15) is 0 Å². The van der Waals surface area contributed by atoms with E-state index in [0.717, 1.165) is 19.5 Å². The molecule has 78 valence electrons. The van der Waals surface area contributed by atoms with Crippen LogP contribution in [0.4, 0.5) is 0 Å². The summed E-state index contributed by atoms with van der Waals surface area (Å²) in [4.78, 5) is 5.34. The van der Waals surface area contributed by atoms with Gasteiger partial charge in [-0.15, -0.1) is 17.9 Å². The van der Waals surface area contributed by atoms with Gasteiger partial charge in [-0.05, 0) is 25.8 Å². The predicted octanol–water partition coefficient (Wildman–Crippen LogP) is 2.98. The van der Waals surface area contributed by atoms with Crippen LogP contribution in [-0.2, 0) is 6.54 Å². The second kappa shape index (κ2) is 7.71. The van der Waals surface area contributed by atoms with Crippen LogP contribution in [0.3, 0.4) is 0 Å². The van der Waals surface area contributed by atoms with Gasteiger partial charge < -0.3 is 5.32 Å². The lowest BCUT2D eigenvalue weighted by molar-refractivity contribution is 0.608. The fourth-order valence-corrected chi connectivity index (χ4v) is 1.82. The number of hydrogen-bond donors (Lipinski definition) is 1. The molecule has 1 rings (SSSR count). The van der Waals surface area contributed by atoms with Gasteiger partial charge in [0.2, 0.25) is 0 Å². The molecule has 0 aliphatic heterocycles. The van der Waals surface area contributed by atoms with Gasteiger partial charge in [-0.3, -0.25) is 4.98 Å². The summed E-state index contributed by atoms with van der Waals surface area (Å²) in [5.41, 5.74) is 1.88. The Bertz CT molecular complexity index is 231. The van der Waals surface area contributed by atoms with E-state index in [1.807, 2.05) is 17.8 Å². The van der Waals surface area contributed by atoms with E-state index < -0.39 is 0 Å². The van der Waals surface area contributed by atoms with Crippen molar-refractivity contribution in [2.45, 2.75) is 32.2 Å². The summed E-state index contributed by atoms with van der Waals surface area (Å²) in [6, 6.07) is 0. The Morgan fingerprint density at radius 2 is 2.36 bits per heavy atom. The number of rotatable bonds is 8. The molecule has 0 amide bonds. The van der Waals surface area contributed by atoms with Crippen molar-refractivity contribution in [1.82, 2.24) is 10.3 Å². The smallest absolute Gasteiger partial charge is 0.0794 e. The number of allylic oxidation sites excluding steroid dienone is 1. The first-order chi connectivity index (χ1) is 6.93. The zero-order chi connectivity index (χ0) is 10.1. The van der Waals surface area contributed by atoms with Crippen LogP contribution < -0.4 is 5.32 Å². The second-order valence-electron chi connectivity index (χ2n) is 3.28. The van der Waals surface area contributed by atoms with Gasteiger partial charge in [0.05, 0.1) is 5.51 Å².